The quantitative estimate of drug-likeness (QED) is 0.333. The van der Waals surface area contributed by atoms with Gasteiger partial charge in [0.15, 0.2) is 5.82 Å². The highest BCUT2D eigenvalue weighted by Crippen LogP contribution is 2.34. The molecule has 0 aliphatic carbocycles. The Kier molecular flexibility index (Phi) is 5.99. The Bertz CT molecular complexity index is 1440. The lowest BCUT2D eigenvalue weighted by molar-refractivity contribution is 0.321. The van der Waals surface area contributed by atoms with Crippen LogP contribution in [-0.4, -0.2) is 33.1 Å². The van der Waals surface area contributed by atoms with Gasteiger partial charge in [-0.2, -0.15) is 0 Å². The van der Waals surface area contributed by atoms with E-state index in [1.54, 1.807) is 6.20 Å². The third-order valence-electron chi connectivity index (χ3n) is 5.35. The molecule has 0 aliphatic heterocycles. The molecule has 0 spiro atoms. The Hall–Kier alpha value is -4.52. The fourth-order valence-corrected chi connectivity index (χ4v) is 3.73. The summed E-state index contributed by atoms with van der Waals surface area (Å²) in [4.78, 5) is 18.4. The monoisotopic (exact) mass is 448 g/mol. The van der Waals surface area contributed by atoms with E-state index in [0.717, 1.165) is 33.5 Å². The molecule has 3 heterocycles. The molecule has 7 nitrogen and oxygen atoms in total. The van der Waals surface area contributed by atoms with Crippen LogP contribution in [0, 0.1) is 6.92 Å². The van der Waals surface area contributed by atoms with Crippen LogP contribution in [0.5, 0.6) is 5.88 Å². The number of benzene rings is 2. The normalized spacial score (nSPS) is 10.9. The highest BCUT2D eigenvalue weighted by atomic mass is 16.5. The van der Waals surface area contributed by atoms with Gasteiger partial charge in [-0.25, -0.2) is 15.0 Å². The van der Waals surface area contributed by atoms with Crippen LogP contribution in [0.1, 0.15) is 5.69 Å². The fraction of sp³-hybridized carbons (Fsp3) is 0.111. The lowest BCUT2D eigenvalue weighted by Gasteiger charge is -2.14. The minimum absolute atomic E-state index is 0.249. The number of pyridine rings is 2. The van der Waals surface area contributed by atoms with Crippen LogP contribution in [0.4, 0.5) is 11.6 Å². The van der Waals surface area contributed by atoms with Gasteiger partial charge in [0.25, 0.3) is 5.88 Å². The summed E-state index contributed by atoms with van der Waals surface area (Å²) in [6.45, 7) is 2.87. The Labute approximate surface area is 197 Å². The van der Waals surface area contributed by atoms with E-state index in [0.29, 0.717) is 30.4 Å². The Morgan fingerprint density at radius 1 is 0.824 bits per heavy atom. The number of nitrogens with two attached hydrogens (primary N) is 1. The Balaban J connectivity index is 1.46. The van der Waals surface area contributed by atoms with Crippen molar-refractivity contribution in [3.63, 3.8) is 0 Å². The molecular weight excluding hydrogens is 424 g/mol. The van der Waals surface area contributed by atoms with Gasteiger partial charge < -0.3 is 15.8 Å². The second-order valence-corrected chi connectivity index (χ2v) is 7.83. The standard InChI is InChI=1S/C27H24N6O/c1-18-7-5-11-23(31-18)30-15-16-34-27-26(28)32-24(19-8-3-2-4-9-19)25(33-27)21-12-13-22-20(17-21)10-6-14-29-22/h2-14,17H,15-16H2,1H3,(H2,28,32)(H,30,31). The molecule has 0 radical (unpaired) electrons. The smallest absolute Gasteiger partial charge is 0.257 e. The van der Waals surface area contributed by atoms with Crippen molar-refractivity contribution in [2.75, 3.05) is 24.2 Å². The molecule has 0 amide bonds. The summed E-state index contributed by atoms with van der Waals surface area (Å²) in [5, 5.41) is 4.27. The first-order valence-electron chi connectivity index (χ1n) is 11.1. The van der Waals surface area contributed by atoms with Crippen LogP contribution in [0.15, 0.2) is 85.1 Å². The van der Waals surface area contributed by atoms with Crippen molar-refractivity contribution in [2.24, 2.45) is 0 Å². The molecule has 5 aromatic rings. The van der Waals surface area contributed by atoms with Gasteiger partial charge in [0.05, 0.1) is 17.8 Å². The summed E-state index contributed by atoms with van der Waals surface area (Å²) in [5.74, 6) is 1.35. The molecule has 0 atom stereocenters. The van der Waals surface area contributed by atoms with Crippen molar-refractivity contribution < 1.29 is 4.74 Å². The van der Waals surface area contributed by atoms with E-state index in [9.17, 15) is 0 Å². The van der Waals surface area contributed by atoms with Crippen molar-refractivity contribution >= 4 is 22.5 Å². The van der Waals surface area contributed by atoms with Crippen molar-refractivity contribution in [3.05, 3.63) is 90.8 Å². The third-order valence-corrected chi connectivity index (χ3v) is 5.35. The van der Waals surface area contributed by atoms with E-state index in [-0.39, 0.29) is 5.82 Å². The first-order valence-corrected chi connectivity index (χ1v) is 11.1. The molecule has 0 aliphatic rings. The number of nitrogens with one attached hydrogen (secondary N) is 1. The average Bonchev–Trinajstić information content (AvgIpc) is 2.87. The summed E-state index contributed by atoms with van der Waals surface area (Å²) in [6.07, 6.45) is 1.78. The van der Waals surface area contributed by atoms with E-state index in [1.807, 2.05) is 79.7 Å². The number of ether oxygens (including phenoxy) is 1. The van der Waals surface area contributed by atoms with Crippen molar-refractivity contribution in [2.45, 2.75) is 6.92 Å². The van der Waals surface area contributed by atoms with Gasteiger partial charge in [-0.3, -0.25) is 4.98 Å². The third kappa shape index (κ3) is 4.63. The van der Waals surface area contributed by atoms with E-state index in [1.165, 1.54) is 0 Å². The number of aryl methyl sites for hydroxylation is 1. The summed E-state index contributed by atoms with van der Waals surface area (Å²) >= 11 is 0. The van der Waals surface area contributed by atoms with Gasteiger partial charge in [0.1, 0.15) is 18.1 Å². The second kappa shape index (κ2) is 9.54. The van der Waals surface area contributed by atoms with Crippen LogP contribution in [-0.2, 0) is 0 Å². The molecule has 0 fully saturated rings. The van der Waals surface area contributed by atoms with Crippen LogP contribution < -0.4 is 15.8 Å². The molecule has 0 saturated heterocycles. The van der Waals surface area contributed by atoms with Gasteiger partial charge in [-0.15, -0.1) is 0 Å². The van der Waals surface area contributed by atoms with Crippen LogP contribution in [0.25, 0.3) is 33.4 Å². The maximum Gasteiger partial charge on any atom is 0.257 e. The molecule has 2 aromatic carbocycles. The zero-order valence-electron chi connectivity index (χ0n) is 18.8. The molecule has 168 valence electrons. The summed E-state index contributed by atoms with van der Waals surface area (Å²) in [7, 11) is 0. The number of hydrogen-bond donors (Lipinski definition) is 2. The molecule has 5 rings (SSSR count). The summed E-state index contributed by atoms with van der Waals surface area (Å²) in [6, 6.07) is 25.7. The van der Waals surface area contributed by atoms with Crippen molar-refractivity contribution in [1.29, 1.82) is 0 Å². The highest BCUT2D eigenvalue weighted by molar-refractivity contribution is 5.87. The molecular formula is C27H24N6O. The SMILES string of the molecule is Cc1cccc(NCCOc2nc(-c3ccc4ncccc4c3)c(-c3ccccc3)nc2N)n1. The van der Waals surface area contributed by atoms with E-state index < -0.39 is 0 Å². The summed E-state index contributed by atoms with van der Waals surface area (Å²) in [5.41, 5.74) is 11.4. The number of nitrogens with zero attached hydrogens (tertiary/aromatic N) is 4. The molecule has 3 N–H and O–H groups in total. The first-order chi connectivity index (χ1) is 16.7. The molecule has 0 unspecified atom stereocenters. The minimum Gasteiger partial charge on any atom is -0.473 e. The lowest BCUT2D eigenvalue weighted by atomic mass is 10.0. The molecule has 3 aromatic heterocycles. The summed E-state index contributed by atoms with van der Waals surface area (Å²) < 4.78 is 5.93. The van der Waals surface area contributed by atoms with E-state index in [4.69, 9.17) is 20.4 Å². The number of fused-ring (bicyclic) bond motifs is 1. The van der Waals surface area contributed by atoms with Crippen LogP contribution in [0.3, 0.4) is 0 Å². The largest absolute Gasteiger partial charge is 0.473 e. The van der Waals surface area contributed by atoms with Crippen molar-refractivity contribution in [1.82, 2.24) is 19.9 Å². The Morgan fingerprint density at radius 2 is 1.68 bits per heavy atom. The molecule has 34 heavy (non-hydrogen) atoms. The van der Waals surface area contributed by atoms with E-state index >= 15 is 0 Å². The van der Waals surface area contributed by atoms with Crippen LogP contribution in [0.2, 0.25) is 0 Å². The topological polar surface area (TPSA) is 98.8 Å². The number of hydrogen-bond acceptors (Lipinski definition) is 7. The van der Waals surface area contributed by atoms with Gasteiger partial charge in [-0.1, -0.05) is 48.5 Å². The van der Waals surface area contributed by atoms with Gasteiger partial charge in [0.2, 0.25) is 0 Å². The van der Waals surface area contributed by atoms with Gasteiger partial charge >= 0.3 is 0 Å². The second-order valence-electron chi connectivity index (χ2n) is 7.83. The number of aromatic nitrogens is 4. The number of anilines is 2. The maximum absolute atomic E-state index is 6.27. The zero-order chi connectivity index (χ0) is 23.3. The zero-order valence-corrected chi connectivity index (χ0v) is 18.8. The van der Waals surface area contributed by atoms with Crippen LogP contribution >= 0.6 is 0 Å². The van der Waals surface area contributed by atoms with Gasteiger partial charge in [-0.05, 0) is 37.3 Å². The first kappa shape index (κ1) is 21.3. The average molecular weight is 449 g/mol. The molecule has 0 bridgehead atoms. The lowest BCUT2D eigenvalue weighted by Crippen LogP contribution is -2.14. The predicted molar refractivity (Wildman–Crippen MR) is 136 cm³/mol. The highest BCUT2D eigenvalue weighted by Gasteiger charge is 2.17. The fourth-order valence-electron chi connectivity index (χ4n) is 3.73. The van der Waals surface area contributed by atoms with Crippen molar-refractivity contribution in [3.8, 4) is 28.4 Å². The minimum atomic E-state index is 0.249. The number of rotatable bonds is 7. The molecule has 0 saturated carbocycles. The van der Waals surface area contributed by atoms with Gasteiger partial charge in [0, 0.05) is 28.4 Å². The predicted octanol–water partition coefficient (Wildman–Crippen LogP) is 5.14. The maximum atomic E-state index is 6.27. The molecule has 7 heteroatoms. The number of nitrogen functional groups attached to an aromatic ring is 1. The Morgan fingerprint density at radius 3 is 2.53 bits per heavy atom. The van der Waals surface area contributed by atoms with E-state index in [2.05, 4.69) is 21.4 Å².